The second kappa shape index (κ2) is 13.3. The highest BCUT2D eigenvalue weighted by Crippen LogP contribution is 2.40. The number of rotatable bonds is 11. The Kier molecular flexibility index (Phi) is 8.87. The van der Waals surface area contributed by atoms with E-state index in [4.69, 9.17) is 14.9 Å². The molecule has 0 spiro atoms. The van der Waals surface area contributed by atoms with Gasteiger partial charge in [0.2, 0.25) is 0 Å². The number of H-pyrrole nitrogens is 1. The average Bonchev–Trinajstić information content (AvgIpc) is 3.69. The molecular formula is C32H34F2N8O3. The van der Waals surface area contributed by atoms with Gasteiger partial charge in [-0.25, -0.2) is 28.2 Å². The number of aliphatic imine (C=N–C) groups is 1. The van der Waals surface area contributed by atoms with Crippen molar-refractivity contribution < 1.29 is 18.3 Å². The Bertz CT molecular complexity index is 1680. The summed E-state index contributed by atoms with van der Waals surface area (Å²) >= 11 is 0. The molecule has 2 atom stereocenters. The lowest BCUT2D eigenvalue weighted by atomic mass is 9.87. The molecule has 3 heterocycles. The van der Waals surface area contributed by atoms with Gasteiger partial charge in [0.05, 0.1) is 25.2 Å². The molecule has 2 saturated heterocycles. The van der Waals surface area contributed by atoms with Gasteiger partial charge in [-0.2, -0.15) is 5.10 Å². The second-order valence-corrected chi connectivity index (χ2v) is 11.1. The monoisotopic (exact) mass is 616 g/mol. The minimum atomic E-state index is -1.02. The van der Waals surface area contributed by atoms with Gasteiger partial charge in [-0.15, -0.1) is 0 Å². The molecule has 234 valence electrons. The highest BCUT2D eigenvalue weighted by Gasteiger charge is 2.43. The molecule has 4 aromatic rings. The van der Waals surface area contributed by atoms with E-state index >= 15 is 0 Å². The number of benzene rings is 3. The zero-order valence-corrected chi connectivity index (χ0v) is 24.5. The molecule has 0 radical (unpaired) electrons. The first kappa shape index (κ1) is 30.0. The zero-order chi connectivity index (χ0) is 31.2. The average molecular weight is 617 g/mol. The molecule has 1 aromatic heterocycles. The lowest BCUT2D eigenvalue weighted by molar-refractivity contribution is 0.000380. The van der Waals surface area contributed by atoms with Gasteiger partial charge < -0.3 is 24.6 Å². The Morgan fingerprint density at radius 3 is 2.31 bits per heavy atom. The summed E-state index contributed by atoms with van der Waals surface area (Å²) in [7, 11) is 0. The van der Waals surface area contributed by atoms with Crippen molar-refractivity contribution in [3.05, 3.63) is 101 Å². The largest absolute Gasteiger partial charge is 0.493 e. The highest BCUT2D eigenvalue weighted by molar-refractivity contribution is 5.68. The van der Waals surface area contributed by atoms with Gasteiger partial charge in [-0.1, -0.05) is 6.07 Å². The molecule has 0 amide bonds. The van der Waals surface area contributed by atoms with E-state index in [-0.39, 0.29) is 23.7 Å². The Labute approximate surface area is 258 Å². The third-order valence-corrected chi connectivity index (χ3v) is 8.28. The van der Waals surface area contributed by atoms with Crippen molar-refractivity contribution in [2.45, 2.75) is 12.0 Å². The molecule has 6 rings (SSSR count). The van der Waals surface area contributed by atoms with Crippen LogP contribution >= 0.6 is 0 Å². The van der Waals surface area contributed by atoms with Gasteiger partial charge in [0.1, 0.15) is 35.7 Å². The van der Waals surface area contributed by atoms with Gasteiger partial charge in [0.15, 0.2) is 0 Å². The van der Waals surface area contributed by atoms with E-state index in [0.717, 1.165) is 61.4 Å². The summed E-state index contributed by atoms with van der Waals surface area (Å²) in [5.41, 5.74) is 1.97. The first-order chi connectivity index (χ1) is 21.9. The Hall–Kier alpha value is -5.04. The molecular weight excluding hydrogens is 582 g/mol. The van der Waals surface area contributed by atoms with Crippen LogP contribution in [0.3, 0.4) is 0 Å². The van der Waals surface area contributed by atoms with Gasteiger partial charge in [-0.3, -0.25) is 5.41 Å². The summed E-state index contributed by atoms with van der Waals surface area (Å²) in [5.74, 6) is -0.598. The first-order valence-corrected chi connectivity index (χ1v) is 14.7. The van der Waals surface area contributed by atoms with Crippen LogP contribution in [-0.2, 0) is 10.3 Å². The molecule has 3 aromatic carbocycles. The number of piperazine rings is 1. The lowest BCUT2D eigenvalue weighted by Gasteiger charge is -2.37. The van der Waals surface area contributed by atoms with Crippen molar-refractivity contribution in [2.24, 2.45) is 10.9 Å². The van der Waals surface area contributed by atoms with Crippen molar-refractivity contribution in [3.63, 3.8) is 0 Å². The predicted octanol–water partition coefficient (Wildman–Crippen LogP) is 3.70. The zero-order valence-electron chi connectivity index (χ0n) is 24.5. The van der Waals surface area contributed by atoms with Gasteiger partial charge >= 0.3 is 5.69 Å². The lowest BCUT2D eigenvalue weighted by Crippen LogP contribution is -2.46. The minimum Gasteiger partial charge on any atom is -0.493 e. The summed E-state index contributed by atoms with van der Waals surface area (Å²) < 4.78 is 42.1. The molecule has 0 aliphatic carbocycles. The summed E-state index contributed by atoms with van der Waals surface area (Å²) in [6, 6.07) is 19.4. The van der Waals surface area contributed by atoms with Crippen molar-refractivity contribution in [1.29, 1.82) is 5.41 Å². The smallest absolute Gasteiger partial charge is 0.347 e. The van der Waals surface area contributed by atoms with Crippen LogP contribution in [0.5, 0.6) is 5.75 Å². The highest BCUT2D eigenvalue weighted by atomic mass is 19.1. The van der Waals surface area contributed by atoms with Crippen molar-refractivity contribution in [3.8, 4) is 11.4 Å². The summed E-state index contributed by atoms with van der Waals surface area (Å²) in [4.78, 5) is 20.2. The van der Waals surface area contributed by atoms with Gasteiger partial charge in [0, 0.05) is 61.6 Å². The topological polar surface area (TPSA) is 124 Å². The van der Waals surface area contributed by atoms with E-state index < -0.39 is 17.2 Å². The number of nitrogens with zero attached hydrogens (tertiary/aromatic N) is 5. The number of aromatic amines is 1. The molecule has 0 saturated carbocycles. The Morgan fingerprint density at radius 1 is 1.02 bits per heavy atom. The van der Waals surface area contributed by atoms with E-state index in [0.29, 0.717) is 19.6 Å². The molecule has 3 N–H and O–H groups in total. The van der Waals surface area contributed by atoms with Crippen LogP contribution < -0.4 is 25.5 Å². The third-order valence-electron chi connectivity index (χ3n) is 8.28. The number of aromatic nitrogens is 3. The van der Waals surface area contributed by atoms with E-state index in [2.05, 4.69) is 42.4 Å². The normalized spacial score (nSPS) is 20.1. The van der Waals surface area contributed by atoms with Crippen LogP contribution in [0.25, 0.3) is 5.69 Å². The standard InChI is InChI=1S/C32H34F2N8O3/c33-24-1-10-29(30(34)15-24)32(19-36-21-37-20-35)16-23(18-45-32)17-44-28-8-6-26(7-9-28)41-13-11-40(12-14-41)25-2-4-27(5-3-25)42-22-38-39-31(42)43/h1-10,15,20-23H,11-14,16-19H2,(H,39,43)(H2,35,36,37)/t23-,32+/m1/s1. The number of anilines is 2. The molecule has 13 heteroatoms. The summed E-state index contributed by atoms with van der Waals surface area (Å²) in [6.07, 6.45) is 4.19. The van der Waals surface area contributed by atoms with E-state index in [1.54, 1.807) is 0 Å². The first-order valence-electron chi connectivity index (χ1n) is 14.7. The summed E-state index contributed by atoms with van der Waals surface area (Å²) in [6.45, 7) is 4.40. The van der Waals surface area contributed by atoms with Crippen LogP contribution in [-0.4, -0.2) is 73.4 Å². The van der Waals surface area contributed by atoms with E-state index in [9.17, 15) is 13.6 Å². The van der Waals surface area contributed by atoms with Crippen LogP contribution in [0.4, 0.5) is 20.2 Å². The quantitative estimate of drug-likeness (QED) is 0.174. The predicted molar refractivity (Wildman–Crippen MR) is 168 cm³/mol. The van der Waals surface area contributed by atoms with Crippen LogP contribution in [0, 0.1) is 23.0 Å². The molecule has 2 aliphatic heterocycles. The molecule has 11 nitrogen and oxygen atoms in total. The van der Waals surface area contributed by atoms with Crippen LogP contribution in [0.15, 0.2) is 82.8 Å². The number of ether oxygens (including phenoxy) is 2. The van der Waals surface area contributed by atoms with Crippen molar-refractivity contribution >= 4 is 24.1 Å². The fourth-order valence-corrected chi connectivity index (χ4v) is 5.98. The Morgan fingerprint density at radius 2 is 1.69 bits per heavy atom. The van der Waals surface area contributed by atoms with Crippen LogP contribution in [0.2, 0.25) is 0 Å². The minimum absolute atomic E-state index is 0.0154. The number of halogens is 2. The SMILES string of the molecule is N=C/N=C\NC[C@]1(c2ccc(F)cc2F)C[C@H](COc2ccc(N3CCN(c4ccc(-n5cn[nH]c5=O)cc4)CC3)cc2)CO1. The van der Waals surface area contributed by atoms with E-state index in [1.165, 1.54) is 29.4 Å². The maximum absolute atomic E-state index is 14.8. The van der Waals surface area contributed by atoms with E-state index in [1.807, 2.05) is 36.4 Å². The number of hydrogen-bond acceptors (Lipinski definition) is 7. The fraction of sp³-hybridized carbons (Fsp3) is 0.312. The van der Waals surface area contributed by atoms with Crippen molar-refractivity contribution in [2.75, 3.05) is 55.7 Å². The fourth-order valence-electron chi connectivity index (χ4n) is 5.98. The maximum atomic E-state index is 14.8. The molecule has 0 unspecified atom stereocenters. The molecule has 2 aliphatic rings. The van der Waals surface area contributed by atoms with Crippen molar-refractivity contribution in [1.82, 2.24) is 20.1 Å². The second-order valence-electron chi connectivity index (χ2n) is 11.1. The van der Waals surface area contributed by atoms with Gasteiger partial charge in [-0.05, 0) is 61.0 Å². The number of nitrogens with one attached hydrogen (secondary N) is 3. The molecule has 2 fully saturated rings. The Balaban J connectivity index is 1.02. The maximum Gasteiger partial charge on any atom is 0.347 e. The third kappa shape index (κ3) is 6.73. The summed E-state index contributed by atoms with van der Waals surface area (Å²) in [5, 5.41) is 16.2. The molecule has 0 bridgehead atoms. The van der Waals surface area contributed by atoms with Gasteiger partial charge in [0.25, 0.3) is 0 Å². The number of hydrogen-bond donors (Lipinski definition) is 3. The molecule has 45 heavy (non-hydrogen) atoms. The van der Waals surface area contributed by atoms with Crippen LogP contribution in [0.1, 0.15) is 12.0 Å².